The van der Waals surface area contributed by atoms with Crippen LogP contribution in [0.25, 0.3) is 11.0 Å². The molecule has 0 unspecified atom stereocenters. The van der Waals surface area contributed by atoms with Gasteiger partial charge in [-0.25, -0.2) is 0 Å². The zero-order chi connectivity index (χ0) is 12.6. The third-order valence-electron chi connectivity index (χ3n) is 3.30. The van der Waals surface area contributed by atoms with Gasteiger partial charge in [0, 0.05) is 17.3 Å². The Balaban J connectivity index is 1.75. The number of carbonyl (C=O) groups is 1. The standard InChI is InChI=1S/C14H15NO3/c1-14(8-17-9-14)7-15-13(16)11-6-18-12-5-3-2-4-10(11)12/h2-6H,7-9H2,1H3,(H,15,16). The molecule has 1 aliphatic rings. The van der Waals surface area contributed by atoms with Crippen molar-refractivity contribution < 1.29 is 13.9 Å². The van der Waals surface area contributed by atoms with Crippen LogP contribution in [0.2, 0.25) is 0 Å². The molecule has 0 radical (unpaired) electrons. The molecule has 1 aromatic heterocycles. The van der Waals surface area contributed by atoms with Crippen LogP contribution in [0.1, 0.15) is 17.3 Å². The fraction of sp³-hybridized carbons (Fsp3) is 0.357. The minimum absolute atomic E-state index is 0.0786. The molecular weight excluding hydrogens is 230 g/mol. The number of carbonyl (C=O) groups excluding carboxylic acids is 1. The molecule has 0 bridgehead atoms. The number of ether oxygens (including phenoxy) is 1. The van der Waals surface area contributed by atoms with Gasteiger partial charge in [-0.2, -0.15) is 0 Å². The summed E-state index contributed by atoms with van der Waals surface area (Å²) in [6.45, 7) is 4.15. The molecular formula is C14H15NO3. The third-order valence-corrected chi connectivity index (χ3v) is 3.30. The van der Waals surface area contributed by atoms with Crippen molar-refractivity contribution in [2.45, 2.75) is 6.92 Å². The van der Waals surface area contributed by atoms with Gasteiger partial charge in [0.15, 0.2) is 0 Å². The lowest BCUT2D eigenvalue weighted by atomic mass is 9.88. The third kappa shape index (κ3) is 1.88. The first kappa shape index (κ1) is 11.3. The van der Waals surface area contributed by atoms with Crippen LogP contribution in [0.5, 0.6) is 0 Å². The first-order valence-electron chi connectivity index (χ1n) is 6.00. The predicted octanol–water partition coefficient (Wildman–Crippen LogP) is 2.20. The minimum atomic E-state index is -0.0897. The number of nitrogens with one attached hydrogen (secondary N) is 1. The lowest BCUT2D eigenvalue weighted by molar-refractivity contribution is -0.0978. The Labute approximate surface area is 105 Å². The topological polar surface area (TPSA) is 51.5 Å². The van der Waals surface area contributed by atoms with E-state index in [4.69, 9.17) is 9.15 Å². The molecule has 2 heterocycles. The quantitative estimate of drug-likeness (QED) is 0.901. The van der Waals surface area contributed by atoms with Crippen LogP contribution in [0, 0.1) is 5.41 Å². The predicted molar refractivity (Wildman–Crippen MR) is 67.5 cm³/mol. The van der Waals surface area contributed by atoms with Crippen molar-refractivity contribution >= 4 is 16.9 Å². The van der Waals surface area contributed by atoms with Crippen molar-refractivity contribution in [2.24, 2.45) is 5.41 Å². The average Bonchev–Trinajstić information content (AvgIpc) is 2.77. The highest BCUT2D eigenvalue weighted by atomic mass is 16.5. The van der Waals surface area contributed by atoms with Crippen LogP contribution in [-0.2, 0) is 4.74 Å². The molecule has 0 saturated carbocycles. The summed E-state index contributed by atoms with van der Waals surface area (Å²) < 4.78 is 10.5. The normalized spacial score (nSPS) is 17.4. The number of para-hydroxylation sites is 1. The van der Waals surface area contributed by atoms with Crippen LogP contribution in [-0.4, -0.2) is 25.7 Å². The average molecular weight is 245 g/mol. The Morgan fingerprint density at radius 2 is 2.17 bits per heavy atom. The molecule has 0 aliphatic carbocycles. The van der Waals surface area contributed by atoms with Crippen molar-refractivity contribution in [1.82, 2.24) is 5.32 Å². The van der Waals surface area contributed by atoms with Gasteiger partial charge in [0.2, 0.25) is 0 Å². The second-order valence-electron chi connectivity index (χ2n) is 5.13. The molecule has 1 N–H and O–H groups in total. The van der Waals surface area contributed by atoms with Gasteiger partial charge in [0.05, 0.1) is 18.8 Å². The molecule has 0 atom stereocenters. The molecule has 3 rings (SSSR count). The fourth-order valence-electron chi connectivity index (χ4n) is 2.10. The molecule has 1 saturated heterocycles. The Bertz CT molecular complexity index is 583. The highest BCUT2D eigenvalue weighted by Gasteiger charge is 2.33. The van der Waals surface area contributed by atoms with Gasteiger partial charge < -0.3 is 14.5 Å². The molecule has 1 fully saturated rings. The minimum Gasteiger partial charge on any atom is -0.463 e. The van der Waals surface area contributed by atoms with E-state index in [1.807, 2.05) is 24.3 Å². The van der Waals surface area contributed by atoms with Crippen LogP contribution in [0.4, 0.5) is 0 Å². The summed E-state index contributed by atoms with van der Waals surface area (Å²) >= 11 is 0. The van der Waals surface area contributed by atoms with Crippen LogP contribution >= 0.6 is 0 Å². The Kier molecular flexibility index (Phi) is 2.59. The Hall–Kier alpha value is -1.81. The van der Waals surface area contributed by atoms with Crippen molar-refractivity contribution in [2.75, 3.05) is 19.8 Å². The molecule has 4 nitrogen and oxygen atoms in total. The number of rotatable bonds is 3. The van der Waals surface area contributed by atoms with Crippen LogP contribution in [0.3, 0.4) is 0 Å². The zero-order valence-electron chi connectivity index (χ0n) is 10.2. The Morgan fingerprint density at radius 1 is 1.39 bits per heavy atom. The van der Waals surface area contributed by atoms with E-state index in [1.165, 1.54) is 6.26 Å². The fourth-order valence-corrected chi connectivity index (χ4v) is 2.10. The molecule has 94 valence electrons. The van der Waals surface area contributed by atoms with E-state index in [0.717, 1.165) is 11.0 Å². The van der Waals surface area contributed by atoms with Crippen LogP contribution < -0.4 is 5.32 Å². The smallest absolute Gasteiger partial charge is 0.255 e. The number of hydrogen-bond acceptors (Lipinski definition) is 3. The van der Waals surface area contributed by atoms with Gasteiger partial charge in [-0.3, -0.25) is 4.79 Å². The Morgan fingerprint density at radius 3 is 2.89 bits per heavy atom. The van der Waals surface area contributed by atoms with Gasteiger partial charge in [-0.15, -0.1) is 0 Å². The molecule has 2 aromatic rings. The summed E-state index contributed by atoms with van der Waals surface area (Å²) in [5.41, 5.74) is 1.41. The van der Waals surface area contributed by atoms with E-state index in [-0.39, 0.29) is 11.3 Å². The van der Waals surface area contributed by atoms with E-state index in [1.54, 1.807) is 0 Å². The van der Waals surface area contributed by atoms with E-state index < -0.39 is 0 Å². The van der Waals surface area contributed by atoms with Crippen molar-refractivity contribution in [3.05, 3.63) is 36.1 Å². The summed E-state index contributed by atoms with van der Waals surface area (Å²) in [5, 5.41) is 3.79. The number of fused-ring (bicyclic) bond motifs is 1. The van der Waals surface area contributed by atoms with Gasteiger partial charge in [-0.05, 0) is 6.07 Å². The van der Waals surface area contributed by atoms with Gasteiger partial charge in [-0.1, -0.05) is 25.1 Å². The summed E-state index contributed by atoms with van der Waals surface area (Å²) in [7, 11) is 0. The maximum atomic E-state index is 12.1. The van der Waals surface area contributed by atoms with Crippen LogP contribution in [0.15, 0.2) is 34.9 Å². The first-order chi connectivity index (χ1) is 8.68. The summed E-state index contributed by atoms with van der Waals surface area (Å²) in [6.07, 6.45) is 1.51. The van der Waals surface area contributed by atoms with Gasteiger partial charge in [0.1, 0.15) is 11.8 Å². The monoisotopic (exact) mass is 245 g/mol. The van der Waals surface area contributed by atoms with Gasteiger partial charge in [0.25, 0.3) is 5.91 Å². The molecule has 4 heteroatoms. The second-order valence-corrected chi connectivity index (χ2v) is 5.13. The van der Waals surface area contributed by atoms with Gasteiger partial charge >= 0.3 is 0 Å². The SMILES string of the molecule is CC1(CNC(=O)c2coc3ccccc23)COC1. The summed E-state index contributed by atoms with van der Waals surface area (Å²) in [6, 6.07) is 7.53. The van der Waals surface area contributed by atoms with Crippen molar-refractivity contribution in [3.8, 4) is 0 Å². The molecule has 1 aromatic carbocycles. The molecule has 1 aliphatic heterocycles. The van der Waals surface area contributed by atoms with E-state index in [9.17, 15) is 4.79 Å². The second kappa shape index (κ2) is 4.14. The molecule has 1 amide bonds. The number of hydrogen-bond donors (Lipinski definition) is 1. The summed E-state index contributed by atoms with van der Waals surface area (Å²) in [4.78, 5) is 12.1. The largest absolute Gasteiger partial charge is 0.463 e. The maximum Gasteiger partial charge on any atom is 0.255 e. The van der Waals surface area contributed by atoms with E-state index in [2.05, 4.69) is 12.2 Å². The lowest BCUT2D eigenvalue weighted by Gasteiger charge is -2.37. The zero-order valence-corrected chi connectivity index (χ0v) is 10.2. The molecule has 18 heavy (non-hydrogen) atoms. The highest BCUT2D eigenvalue weighted by molar-refractivity contribution is 6.05. The highest BCUT2D eigenvalue weighted by Crippen LogP contribution is 2.26. The lowest BCUT2D eigenvalue weighted by Crippen LogP contribution is -2.48. The van der Waals surface area contributed by atoms with Crippen molar-refractivity contribution in [1.29, 1.82) is 0 Å². The number of amides is 1. The first-order valence-corrected chi connectivity index (χ1v) is 6.00. The van der Waals surface area contributed by atoms with E-state index in [0.29, 0.717) is 25.3 Å². The summed E-state index contributed by atoms with van der Waals surface area (Å²) in [5.74, 6) is -0.0897. The van der Waals surface area contributed by atoms with E-state index >= 15 is 0 Å². The molecule has 0 spiro atoms. The number of furan rings is 1. The van der Waals surface area contributed by atoms with Crippen molar-refractivity contribution in [3.63, 3.8) is 0 Å². The number of benzene rings is 1. The maximum absolute atomic E-state index is 12.1.